The third kappa shape index (κ3) is 14.8. The molecule has 0 aromatic rings. The van der Waals surface area contributed by atoms with Crippen LogP contribution in [0.4, 0.5) is 0 Å². The zero-order chi connectivity index (χ0) is 14.2. The second-order valence-corrected chi connectivity index (χ2v) is 4.90. The molecule has 1 N–H and O–H groups in total. The SMILES string of the molecule is CCCCCCCCCCCC(=O)NCCN=C=O. The van der Waals surface area contributed by atoms with Crippen molar-refractivity contribution in [2.24, 2.45) is 4.99 Å². The minimum Gasteiger partial charge on any atom is -0.354 e. The maximum Gasteiger partial charge on any atom is 0.235 e. The van der Waals surface area contributed by atoms with E-state index in [0.717, 1.165) is 12.8 Å². The van der Waals surface area contributed by atoms with Crippen molar-refractivity contribution >= 4 is 12.0 Å². The van der Waals surface area contributed by atoms with Crippen molar-refractivity contribution in [3.05, 3.63) is 0 Å². The monoisotopic (exact) mass is 268 g/mol. The van der Waals surface area contributed by atoms with Crippen molar-refractivity contribution in [2.75, 3.05) is 13.1 Å². The van der Waals surface area contributed by atoms with E-state index in [-0.39, 0.29) is 5.91 Å². The summed E-state index contributed by atoms with van der Waals surface area (Å²) in [4.78, 5) is 24.5. The number of nitrogens with zero attached hydrogens (tertiary/aromatic N) is 1. The Morgan fingerprint density at radius 2 is 1.58 bits per heavy atom. The molecule has 0 saturated carbocycles. The Balaban J connectivity index is 3.16. The van der Waals surface area contributed by atoms with Crippen LogP contribution >= 0.6 is 0 Å². The number of carbonyl (C=O) groups excluding carboxylic acids is 2. The second kappa shape index (κ2) is 14.9. The van der Waals surface area contributed by atoms with Crippen molar-refractivity contribution in [3.8, 4) is 0 Å². The van der Waals surface area contributed by atoms with Gasteiger partial charge in [-0.25, -0.2) is 9.79 Å². The lowest BCUT2D eigenvalue weighted by atomic mass is 10.1. The highest BCUT2D eigenvalue weighted by atomic mass is 16.1. The third-order valence-electron chi connectivity index (χ3n) is 3.12. The largest absolute Gasteiger partial charge is 0.354 e. The summed E-state index contributed by atoms with van der Waals surface area (Å²) in [6.07, 6.45) is 13.3. The van der Waals surface area contributed by atoms with Crippen molar-refractivity contribution in [1.29, 1.82) is 0 Å². The highest BCUT2D eigenvalue weighted by Crippen LogP contribution is 2.10. The first-order valence-corrected chi connectivity index (χ1v) is 7.61. The maximum atomic E-state index is 11.4. The van der Waals surface area contributed by atoms with Gasteiger partial charge in [-0.3, -0.25) is 4.79 Å². The smallest absolute Gasteiger partial charge is 0.235 e. The molecule has 1 amide bonds. The lowest BCUT2D eigenvalue weighted by Crippen LogP contribution is -2.25. The van der Waals surface area contributed by atoms with Gasteiger partial charge in [0, 0.05) is 13.0 Å². The van der Waals surface area contributed by atoms with Gasteiger partial charge in [0.25, 0.3) is 0 Å². The number of carbonyl (C=O) groups is 1. The Bertz CT molecular complexity index is 261. The van der Waals surface area contributed by atoms with Crippen LogP contribution in [0.25, 0.3) is 0 Å². The highest BCUT2D eigenvalue weighted by Gasteiger charge is 1.99. The summed E-state index contributed by atoms with van der Waals surface area (Å²) < 4.78 is 0. The van der Waals surface area contributed by atoms with Crippen LogP contribution in [-0.4, -0.2) is 25.1 Å². The minimum atomic E-state index is 0.0593. The molecule has 4 heteroatoms. The summed E-state index contributed by atoms with van der Waals surface area (Å²) in [6.45, 7) is 2.99. The van der Waals surface area contributed by atoms with Crippen LogP contribution in [0.1, 0.15) is 71.1 Å². The molecule has 19 heavy (non-hydrogen) atoms. The van der Waals surface area contributed by atoms with Gasteiger partial charge in [-0.05, 0) is 6.42 Å². The van der Waals surface area contributed by atoms with Gasteiger partial charge in [0.2, 0.25) is 12.0 Å². The minimum absolute atomic E-state index is 0.0593. The Hall–Kier alpha value is -1.15. The van der Waals surface area contributed by atoms with E-state index in [2.05, 4.69) is 17.2 Å². The van der Waals surface area contributed by atoms with E-state index in [0.29, 0.717) is 19.5 Å². The molecule has 4 nitrogen and oxygen atoms in total. The average molecular weight is 268 g/mol. The quantitative estimate of drug-likeness (QED) is 0.316. The Kier molecular flexibility index (Phi) is 14.0. The molecule has 0 saturated heterocycles. The van der Waals surface area contributed by atoms with Gasteiger partial charge in [-0.1, -0.05) is 58.3 Å². The second-order valence-electron chi connectivity index (χ2n) is 4.90. The van der Waals surface area contributed by atoms with Gasteiger partial charge in [0.15, 0.2) is 0 Å². The molecule has 0 fully saturated rings. The summed E-state index contributed by atoms with van der Waals surface area (Å²) in [7, 11) is 0. The molecule has 0 aromatic heterocycles. The molecule has 0 aliphatic carbocycles. The summed E-state index contributed by atoms with van der Waals surface area (Å²) in [6, 6.07) is 0. The normalized spacial score (nSPS) is 9.95. The van der Waals surface area contributed by atoms with Crippen LogP contribution in [0.3, 0.4) is 0 Å². The van der Waals surface area contributed by atoms with E-state index in [1.807, 2.05) is 0 Å². The molecule has 0 aliphatic heterocycles. The van der Waals surface area contributed by atoms with E-state index in [9.17, 15) is 9.59 Å². The van der Waals surface area contributed by atoms with Crippen LogP contribution in [0.15, 0.2) is 4.99 Å². The van der Waals surface area contributed by atoms with Crippen LogP contribution in [0.5, 0.6) is 0 Å². The number of amides is 1. The Labute approximate surface area is 117 Å². The summed E-state index contributed by atoms with van der Waals surface area (Å²) in [5, 5.41) is 2.73. The standard InChI is InChI=1S/C15H28N2O2/c1-2-3-4-5-6-7-8-9-10-11-15(19)17-13-12-16-14-18/h2-13H2,1H3,(H,17,19). The van der Waals surface area contributed by atoms with E-state index >= 15 is 0 Å². The van der Waals surface area contributed by atoms with E-state index < -0.39 is 0 Å². The molecule has 0 aromatic carbocycles. The number of nitrogens with one attached hydrogen (secondary N) is 1. The predicted molar refractivity (Wildman–Crippen MR) is 77.8 cm³/mol. The van der Waals surface area contributed by atoms with E-state index in [1.54, 1.807) is 0 Å². The first-order valence-electron chi connectivity index (χ1n) is 7.61. The fraction of sp³-hybridized carbons (Fsp3) is 0.867. The molecule has 0 unspecified atom stereocenters. The lowest BCUT2D eigenvalue weighted by Gasteiger charge is -2.03. The van der Waals surface area contributed by atoms with Crippen LogP contribution in [-0.2, 0) is 9.59 Å². The topological polar surface area (TPSA) is 58.5 Å². The van der Waals surface area contributed by atoms with Gasteiger partial charge in [-0.2, -0.15) is 0 Å². The number of isocyanates is 1. The van der Waals surface area contributed by atoms with Crippen LogP contribution in [0.2, 0.25) is 0 Å². The molecular formula is C15H28N2O2. The van der Waals surface area contributed by atoms with Gasteiger partial charge >= 0.3 is 0 Å². The van der Waals surface area contributed by atoms with Crippen molar-refractivity contribution < 1.29 is 9.59 Å². The van der Waals surface area contributed by atoms with Crippen molar-refractivity contribution in [2.45, 2.75) is 71.1 Å². The van der Waals surface area contributed by atoms with Crippen LogP contribution < -0.4 is 5.32 Å². The zero-order valence-electron chi connectivity index (χ0n) is 12.2. The first kappa shape index (κ1) is 17.8. The number of aliphatic imine (C=N–C) groups is 1. The highest BCUT2D eigenvalue weighted by molar-refractivity contribution is 5.75. The maximum absolute atomic E-state index is 11.4. The molecule has 0 bridgehead atoms. The number of hydrogen-bond acceptors (Lipinski definition) is 3. The fourth-order valence-corrected chi connectivity index (χ4v) is 1.98. The predicted octanol–water partition coefficient (Wildman–Crippen LogP) is 3.36. The molecule has 110 valence electrons. The van der Waals surface area contributed by atoms with Gasteiger partial charge in [0.1, 0.15) is 0 Å². The average Bonchev–Trinajstić information content (AvgIpc) is 2.42. The van der Waals surface area contributed by atoms with E-state index in [4.69, 9.17) is 0 Å². The van der Waals surface area contributed by atoms with Gasteiger partial charge in [-0.15, -0.1) is 0 Å². The van der Waals surface area contributed by atoms with Gasteiger partial charge in [0.05, 0.1) is 6.54 Å². The van der Waals surface area contributed by atoms with Gasteiger partial charge < -0.3 is 5.32 Å². The molecule has 0 heterocycles. The summed E-state index contributed by atoms with van der Waals surface area (Å²) in [5.74, 6) is 0.0593. The summed E-state index contributed by atoms with van der Waals surface area (Å²) in [5.41, 5.74) is 0. The zero-order valence-corrected chi connectivity index (χ0v) is 12.2. The Morgan fingerprint density at radius 3 is 2.16 bits per heavy atom. The first-order chi connectivity index (χ1) is 9.31. The number of hydrogen-bond donors (Lipinski definition) is 1. The molecule has 0 rings (SSSR count). The van der Waals surface area contributed by atoms with E-state index in [1.165, 1.54) is 51.0 Å². The van der Waals surface area contributed by atoms with Crippen molar-refractivity contribution in [1.82, 2.24) is 5.32 Å². The molecule has 0 radical (unpaired) electrons. The third-order valence-corrected chi connectivity index (χ3v) is 3.12. The fourth-order valence-electron chi connectivity index (χ4n) is 1.98. The molecule has 0 spiro atoms. The number of unbranched alkanes of at least 4 members (excludes halogenated alkanes) is 8. The lowest BCUT2D eigenvalue weighted by molar-refractivity contribution is -0.121. The molecule has 0 aliphatic rings. The molecule has 0 atom stereocenters. The van der Waals surface area contributed by atoms with Crippen molar-refractivity contribution in [3.63, 3.8) is 0 Å². The Morgan fingerprint density at radius 1 is 1.00 bits per heavy atom. The molecular weight excluding hydrogens is 240 g/mol. The van der Waals surface area contributed by atoms with Crippen LogP contribution in [0, 0.1) is 0 Å². The summed E-state index contributed by atoms with van der Waals surface area (Å²) >= 11 is 0. The number of rotatable bonds is 13.